The van der Waals surface area contributed by atoms with Crippen LogP contribution in [0.5, 0.6) is 0 Å². The summed E-state index contributed by atoms with van der Waals surface area (Å²) in [5.74, 6) is 0.867. The van der Waals surface area contributed by atoms with Crippen LogP contribution < -0.4 is 5.73 Å². The SMILES string of the molecule is CC(=O)C1CCC(C(=O)N2CC(N)C2)CC1. The number of carbonyl (C=O) groups is 2. The maximum Gasteiger partial charge on any atom is 0.225 e. The lowest BCUT2D eigenvalue weighted by Gasteiger charge is -2.40. The Bertz CT molecular complexity index is 289. The van der Waals surface area contributed by atoms with E-state index < -0.39 is 0 Å². The highest BCUT2D eigenvalue weighted by atomic mass is 16.2. The summed E-state index contributed by atoms with van der Waals surface area (Å²) in [7, 11) is 0. The number of nitrogens with two attached hydrogens (primary N) is 1. The van der Waals surface area contributed by atoms with Crippen LogP contribution in [0.2, 0.25) is 0 Å². The van der Waals surface area contributed by atoms with E-state index >= 15 is 0 Å². The van der Waals surface area contributed by atoms with E-state index in [2.05, 4.69) is 0 Å². The van der Waals surface area contributed by atoms with Gasteiger partial charge in [-0.3, -0.25) is 9.59 Å². The molecule has 0 aromatic carbocycles. The number of ketones is 1. The molecule has 1 aliphatic heterocycles. The number of hydrogen-bond acceptors (Lipinski definition) is 3. The fourth-order valence-electron chi connectivity index (χ4n) is 2.70. The Balaban J connectivity index is 1.80. The molecule has 1 heterocycles. The summed E-state index contributed by atoms with van der Waals surface area (Å²) in [5.41, 5.74) is 5.66. The molecule has 90 valence electrons. The second kappa shape index (κ2) is 4.53. The lowest BCUT2D eigenvalue weighted by Crippen LogP contribution is -2.59. The van der Waals surface area contributed by atoms with Gasteiger partial charge in [0.2, 0.25) is 5.91 Å². The molecule has 4 nitrogen and oxygen atoms in total. The average molecular weight is 224 g/mol. The number of hydrogen-bond donors (Lipinski definition) is 1. The van der Waals surface area contributed by atoms with Gasteiger partial charge in [-0.1, -0.05) is 0 Å². The first-order chi connectivity index (χ1) is 7.58. The maximum atomic E-state index is 12.0. The normalized spacial score (nSPS) is 31.0. The van der Waals surface area contributed by atoms with E-state index in [1.54, 1.807) is 6.92 Å². The summed E-state index contributed by atoms with van der Waals surface area (Å²) in [6.07, 6.45) is 3.50. The average Bonchev–Trinajstić information content (AvgIpc) is 2.24. The van der Waals surface area contributed by atoms with Crippen LogP contribution >= 0.6 is 0 Å². The Kier molecular flexibility index (Phi) is 3.28. The van der Waals surface area contributed by atoms with Crippen molar-refractivity contribution >= 4 is 11.7 Å². The van der Waals surface area contributed by atoms with Crippen molar-refractivity contribution in [1.82, 2.24) is 4.90 Å². The molecule has 0 atom stereocenters. The van der Waals surface area contributed by atoms with E-state index in [9.17, 15) is 9.59 Å². The van der Waals surface area contributed by atoms with Gasteiger partial charge in [0.25, 0.3) is 0 Å². The third-order valence-corrected chi connectivity index (χ3v) is 3.87. The lowest BCUT2D eigenvalue weighted by atomic mass is 9.79. The standard InChI is InChI=1S/C12H20N2O2/c1-8(15)9-2-4-10(5-3-9)12(16)14-6-11(13)7-14/h9-11H,2-7,13H2,1H3. The Morgan fingerprint density at radius 3 is 2.00 bits per heavy atom. The summed E-state index contributed by atoms with van der Waals surface area (Å²) in [5, 5.41) is 0. The first kappa shape index (κ1) is 11.6. The lowest BCUT2D eigenvalue weighted by molar-refractivity contribution is -0.142. The Morgan fingerprint density at radius 2 is 1.56 bits per heavy atom. The Labute approximate surface area is 96.2 Å². The minimum atomic E-state index is 0.142. The predicted octanol–water partition coefficient (Wildman–Crippen LogP) is 0.551. The van der Waals surface area contributed by atoms with Gasteiger partial charge in [-0.05, 0) is 32.6 Å². The molecular weight excluding hydrogens is 204 g/mol. The quantitative estimate of drug-likeness (QED) is 0.745. The van der Waals surface area contributed by atoms with Crippen LogP contribution in [0.3, 0.4) is 0 Å². The van der Waals surface area contributed by atoms with Crippen LogP contribution in [-0.2, 0) is 9.59 Å². The van der Waals surface area contributed by atoms with Crippen molar-refractivity contribution in [3.05, 3.63) is 0 Å². The number of amides is 1. The molecule has 0 spiro atoms. The zero-order chi connectivity index (χ0) is 11.7. The highest BCUT2D eigenvalue weighted by molar-refractivity contribution is 5.81. The molecule has 2 aliphatic rings. The molecule has 1 saturated carbocycles. The topological polar surface area (TPSA) is 63.4 Å². The van der Waals surface area contributed by atoms with Gasteiger partial charge >= 0.3 is 0 Å². The van der Waals surface area contributed by atoms with Crippen molar-refractivity contribution in [3.8, 4) is 0 Å². The van der Waals surface area contributed by atoms with Crippen LogP contribution in [0.15, 0.2) is 0 Å². The fourth-order valence-corrected chi connectivity index (χ4v) is 2.70. The van der Waals surface area contributed by atoms with Crippen LogP contribution in [0.1, 0.15) is 32.6 Å². The molecule has 4 heteroatoms. The molecule has 2 N–H and O–H groups in total. The van der Waals surface area contributed by atoms with Gasteiger partial charge in [0.1, 0.15) is 5.78 Å². The molecule has 0 radical (unpaired) electrons. The summed E-state index contributed by atoms with van der Waals surface area (Å²) in [4.78, 5) is 25.0. The summed E-state index contributed by atoms with van der Waals surface area (Å²) in [6, 6.07) is 0.178. The van der Waals surface area contributed by atoms with Crippen LogP contribution in [0.25, 0.3) is 0 Å². The van der Waals surface area contributed by atoms with Crippen molar-refractivity contribution in [1.29, 1.82) is 0 Å². The van der Waals surface area contributed by atoms with Gasteiger partial charge < -0.3 is 10.6 Å². The molecule has 2 fully saturated rings. The Hall–Kier alpha value is -0.900. The second-order valence-corrected chi connectivity index (χ2v) is 5.16. The fraction of sp³-hybridized carbons (Fsp3) is 0.833. The number of Topliss-reactive ketones (excluding diaryl/α,β-unsaturated/α-hetero) is 1. The van der Waals surface area contributed by atoms with E-state index in [4.69, 9.17) is 5.73 Å². The molecule has 1 saturated heterocycles. The summed E-state index contributed by atoms with van der Waals surface area (Å²) in [6.45, 7) is 3.08. The molecule has 0 unspecified atom stereocenters. The van der Waals surface area contributed by atoms with Crippen LogP contribution in [0, 0.1) is 11.8 Å². The van der Waals surface area contributed by atoms with Gasteiger partial charge in [-0.25, -0.2) is 0 Å². The highest BCUT2D eigenvalue weighted by Gasteiger charge is 2.35. The first-order valence-electron chi connectivity index (χ1n) is 6.12. The Morgan fingerprint density at radius 1 is 1.06 bits per heavy atom. The molecule has 2 rings (SSSR count). The zero-order valence-electron chi connectivity index (χ0n) is 9.82. The van der Waals surface area contributed by atoms with Crippen molar-refractivity contribution in [2.45, 2.75) is 38.6 Å². The molecule has 16 heavy (non-hydrogen) atoms. The van der Waals surface area contributed by atoms with Gasteiger partial charge in [0.15, 0.2) is 0 Å². The molecule has 0 aromatic heterocycles. The van der Waals surface area contributed by atoms with E-state index in [1.807, 2.05) is 4.90 Å². The largest absolute Gasteiger partial charge is 0.339 e. The molecule has 0 bridgehead atoms. The predicted molar refractivity (Wildman–Crippen MR) is 60.7 cm³/mol. The third kappa shape index (κ3) is 2.26. The molecule has 1 aliphatic carbocycles. The van der Waals surface area contributed by atoms with Gasteiger partial charge in [-0.15, -0.1) is 0 Å². The van der Waals surface area contributed by atoms with Gasteiger partial charge in [0, 0.05) is 31.0 Å². The van der Waals surface area contributed by atoms with E-state index in [-0.39, 0.29) is 29.6 Å². The minimum Gasteiger partial charge on any atom is -0.339 e. The number of rotatable bonds is 2. The van der Waals surface area contributed by atoms with Gasteiger partial charge in [-0.2, -0.15) is 0 Å². The van der Waals surface area contributed by atoms with E-state index in [0.29, 0.717) is 13.1 Å². The van der Waals surface area contributed by atoms with Gasteiger partial charge in [0.05, 0.1) is 0 Å². The molecular formula is C12H20N2O2. The van der Waals surface area contributed by atoms with Crippen molar-refractivity contribution in [3.63, 3.8) is 0 Å². The number of nitrogens with zero attached hydrogens (tertiary/aromatic N) is 1. The minimum absolute atomic E-state index is 0.142. The van der Waals surface area contributed by atoms with E-state index in [1.165, 1.54) is 0 Å². The third-order valence-electron chi connectivity index (χ3n) is 3.87. The zero-order valence-corrected chi connectivity index (χ0v) is 9.82. The van der Waals surface area contributed by atoms with Crippen molar-refractivity contribution in [2.24, 2.45) is 17.6 Å². The highest BCUT2D eigenvalue weighted by Crippen LogP contribution is 2.31. The van der Waals surface area contributed by atoms with Crippen LogP contribution in [0.4, 0.5) is 0 Å². The van der Waals surface area contributed by atoms with Crippen LogP contribution in [-0.4, -0.2) is 35.7 Å². The maximum absolute atomic E-state index is 12.0. The molecule has 0 aromatic rings. The van der Waals surface area contributed by atoms with Crippen molar-refractivity contribution < 1.29 is 9.59 Å². The first-order valence-corrected chi connectivity index (χ1v) is 6.12. The number of likely N-dealkylation sites (tertiary alicyclic amines) is 1. The smallest absolute Gasteiger partial charge is 0.225 e. The molecule has 1 amide bonds. The van der Waals surface area contributed by atoms with E-state index in [0.717, 1.165) is 25.7 Å². The monoisotopic (exact) mass is 224 g/mol. The summed E-state index contributed by atoms with van der Waals surface area (Å²) < 4.78 is 0. The van der Waals surface area contributed by atoms with Crippen molar-refractivity contribution in [2.75, 3.05) is 13.1 Å². The second-order valence-electron chi connectivity index (χ2n) is 5.16. The number of carbonyl (C=O) groups excluding carboxylic acids is 2. The summed E-state index contributed by atoms with van der Waals surface area (Å²) >= 11 is 0.